The van der Waals surface area contributed by atoms with Gasteiger partial charge in [0.2, 0.25) is 0 Å². The van der Waals surface area contributed by atoms with Crippen LogP contribution in [0, 0.1) is 0 Å². The average Bonchev–Trinajstić information content (AvgIpc) is 2.96. The minimum absolute atomic E-state index is 0.383. The summed E-state index contributed by atoms with van der Waals surface area (Å²) in [5, 5.41) is 0.726. The first-order valence-electron chi connectivity index (χ1n) is 7.01. The van der Waals surface area contributed by atoms with E-state index in [4.69, 9.17) is 0 Å². The first-order valence-corrected chi connectivity index (χ1v) is 7.83. The number of nitrogens with zero attached hydrogens (tertiary/aromatic N) is 4. The number of hydrogen-bond donors (Lipinski definition) is 0. The summed E-state index contributed by atoms with van der Waals surface area (Å²) in [4.78, 5) is 14.7. The minimum Gasteiger partial charge on any atom is -0.342 e. The van der Waals surface area contributed by atoms with Gasteiger partial charge in [0.1, 0.15) is 6.33 Å². The number of halogens is 3. The molecule has 0 saturated carbocycles. The Balaban J connectivity index is 1.68. The fraction of sp³-hybridized carbons (Fsp3) is 0.267. The third kappa shape index (κ3) is 2.63. The van der Waals surface area contributed by atoms with Crippen molar-refractivity contribution in [2.75, 3.05) is 11.4 Å². The summed E-state index contributed by atoms with van der Waals surface area (Å²) >= 11 is 1.40. The van der Waals surface area contributed by atoms with E-state index in [1.54, 1.807) is 0 Å². The van der Waals surface area contributed by atoms with Gasteiger partial charge in [-0.25, -0.2) is 15.0 Å². The SMILES string of the molecule is FC(F)(F)c1ccc2sc(N3CCc4cncnc4C3)nc2c1. The summed E-state index contributed by atoms with van der Waals surface area (Å²) in [5.74, 6) is 0. The van der Waals surface area contributed by atoms with E-state index in [0.717, 1.165) is 46.2 Å². The van der Waals surface area contributed by atoms with Crippen LogP contribution in [0.15, 0.2) is 30.7 Å². The van der Waals surface area contributed by atoms with Gasteiger partial charge in [-0.1, -0.05) is 11.3 Å². The lowest BCUT2D eigenvalue weighted by molar-refractivity contribution is -0.137. The maximum atomic E-state index is 12.8. The second-order valence-electron chi connectivity index (χ2n) is 5.34. The van der Waals surface area contributed by atoms with Gasteiger partial charge in [0.25, 0.3) is 0 Å². The van der Waals surface area contributed by atoms with Crippen LogP contribution >= 0.6 is 11.3 Å². The van der Waals surface area contributed by atoms with Gasteiger partial charge in [-0.15, -0.1) is 0 Å². The van der Waals surface area contributed by atoms with Crippen molar-refractivity contribution in [3.8, 4) is 0 Å². The molecule has 3 aromatic rings. The third-order valence-corrected chi connectivity index (χ3v) is 4.94. The second-order valence-corrected chi connectivity index (χ2v) is 6.35. The van der Waals surface area contributed by atoms with Crippen LogP contribution in [0.5, 0.6) is 0 Å². The summed E-state index contributed by atoms with van der Waals surface area (Å²) in [7, 11) is 0. The highest BCUT2D eigenvalue weighted by Crippen LogP contribution is 2.35. The van der Waals surface area contributed by atoms with Crippen molar-refractivity contribution in [2.24, 2.45) is 0 Å². The van der Waals surface area contributed by atoms with Crippen molar-refractivity contribution < 1.29 is 13.2 Å². The topological polar surface area (TPSA) is 41.9 Å². The van der Waals surface area contributed by atoms with Gasteiger partial charge in [0.05, 0.1) is 28.0 Å². The maximum Gasteiger partial charge on any atom is 0.416 e. The zero-order valence-electron chi connectivity index (χ0n) is 11.8. The highest BCUT2D eigenvalue weighted by Gasteiger charge is 2.31. The van der Waals surface area contributed by atoms with Crippen LogP contribution in [0.4, 0.5) is 18.3 Å². The molecule has 0 amide bonds. The number of rotatable bonds is 1. The van der Waals surface area contributed by atoms with Crippen molar-refractivity contribution in [2.45, 2.75) is 19.1 Å². The third-order valence-electron chi connectivity index (χ3n) is 3.85. The number of anilines is 1. The molecule has 0 radical (unpaired) electrons. The highest BCUT2D eigenvalue weighted by atomic mass is 32.1. The highest BCUT2D eigenvalue weighted by molar-refractivity contribution is 7.22. The lowest BCUT2D eigenvalue weighted by atomic mass is 10.1. The molecular formula is C15H11F3N4S. The fourth-order valence-electron chi connectivity index (χ4n) is 2.64. The quantitative estimate of drug-likeness (QED) is 0.680. The Labute approximate surface area is 133 Å². The molecule has 3 heterocycles. The van der Waals surface area contributed by atoms with Crippen molar-refractivity contribution in [3.63, 3.8) is 0 Å². The predicted octanol–water partition coefficient (Wildman–Crippen LogP) is 3.67. The summed E-state index contributed by atoms with van der Waals surface area (Å²) in [6.07, 6.45) is -0.219. The number of hydrogen-bond acceptors (Lipinski definition) is 5. The van der Waals surface area contributed by atoms with Gasteiger partial charge >= 0.3 is 6.18 Å². The molecule has 0 fully saturated rings. The predicted molar refractivity (Wildman–Crippen MR) is 81.4 cm³/mol. The molecule has 8 heteroatoms. The van der Waals surface area contributed by atoms with E-state index in [1.807, 2.05) is 11.1 Å². The van der Waals surface area contributed by atoms with Gasteiger partial charge in [0.15, 0.2) is 5.13 Å². The van der Waals surface area contributed by atoms with Gasteiger partial charge in [-0.2, -0.15) is 13.2 Å². The standard InChI is InChI=1S/C15H11F3N4S/c16-15(17,18)10-1-2-13-11(5-10)21-14(23-13)22-4-3-9-6-19-8-20-12(9)7-22/h1-2,5-6,8H,3-4,7H2. The summed E-state index contributed by atoms with van der Waals surface area (Å²) in [6, 6.07) is 3.69. The molecule has 1 aromatic carbocycles. The summed E-state index contributed by atoms with van der Waals surface area (Å²) < 4.78 is 39.1. The Morgan fingerprint density at radius 3 is 2.91 bits per heavy atom. The normalized spacial score (nSPS) is 15.0. The van der Waals surface area contributed by atoms with E-state index in [-0.39, 0.29) is 0 Å². The fourth-order valence-corrected chi connectivity index (χ4v) is 3.61. The Morgan fingerprint density at radius 1 is 1.22 bits per heavy atom. The van der Waals surface area contributed by atoms with E-state index in [2.05, 4.69) is 15.0 Å². The number of fused-ring (bicyclic) bond motifs is 2. The van der Waals surface area contributed by atoms with E-state index < -0.39 is 11.7 Å². The Bertz CT molecular complexity index is 875. The van der Waals surface area contributed by atoms with Crippen LogP contribution in [0.2, 0.25) is 0 Å². The smallest absolute Gasteiger partial charge is 0.342 e. The number of benzene rings is 1. The molecule has 0 atom stereocenters. The van der Waals surface area contributed by atoms with Crippen LogP contribution in [0.1, 0.15) is 16.8 Å². The lowest BCUT2D eigenvalue weighted by Crippen LogP contribution is -2.31. The first kappa shape index (κ1) is 14.4. The van der Waals surface area contributed by atoms with E-state index >= 15 is 0 Å². The van der Waals surface area contributed by atoms with Crippen molar-refractivity contribution >= 4 is 26.7 Å². The van der Waals surface area contributed by atoms with Gasteiger partial charge in [-0.05, 0) is 30.2 Å². The number of alkyl halides is 3. The molecule has 0 N–H and O–H groups in total. The van der Waals surface area contributed by atoms with Gasteiger partial charge < -0.3 is 4.90 Å². The minimum atomic E-state index is -4.35. The first-order chi connectivity index (χ1) is 11.0. The van der Waals surface area contributed by atoms with Crippen LogP contribution in [-0.2, 0) is 19.1 Å². The molecule has 2 aromatic heterocycles. The molecule has 0 spiro atoms. The zero-order chi connectivity index (χ0) is 16.0. The molecular weight excluding hydrogens is 325 g/mol. The Morgan fingerprint density at radius 2 is 2.09 bits per heavy atom. The van der Waals surface area contributed by atoms with Crippen molar-refractivity contribution in [1.82, 2.24) is 15.0 Å². The molecule has 118 valence electrons. The zero-order valence-corrected chi connectivity index (χ0v) is 12.7. The molecule has 23 heavy (non-hydrogen) atoms. The van der Waals surface area contributed by atoms with Crippen LogP contribution in [-0.4, -0.2) is 21.5 Å². The van der Waals surface area contributed by atoms with Crippen LogP contribution in [0.25, 0.3) is 10.2 Å². The molecule has 0 saturated heterocycles. The molecule has 1 aliphatic rings. The largest absolute Gasteiger partial charge is 0.416 e. The monoisotopic (exact) mass is 336 g/mol. The Kier molecular flexibility index (Phi) is 3.22. The van der Waals surface area contributed by atoms with E-state index in [0.29, 0.717) is 12.1 Å². The van der Waals surface area contributed by atoms with E-state index in [1.165, 1.54) is 23.7 Å². The van der Waals surface area contributed by atoms with Crippen LogP contribution in [0.3, 0.4) is 0 Å². The van der Waals surface area contributed by atoms with Crippen molar-refractivity contribution in [1.29, 1.82) is 0 Å². The average molecular weight is 336 g/mol. The molecule has 1 aliphatic heterocycles. The Hall–Kier alpha value is -2.22. The van der Waals surface area contributed by atoms with Gasteiger partial charge in [-0.3, -0.25) is 0 Å². The maximum absolute atomic E-state index is 12.8. The van der Waals surface area contributed by atoms with E-state index in [9.17, 15) is 13.2 Å². The van der Waals surface area contributed by atoms with Crippen LogP contribution < -0.4 is 4.90 Å². The molecule has 0 aliphatic carbocycles. The van der Waals surface area contributed by atoms with Gasteiger partial charge in [0, 0.05) is 12.7 Å². The molecule has 4 nitrogen and oxygen atoms in total. The molecule has 4 rings (SSSR count). The van der Waals surface area contributed by atoms with Crippen molar-refractivity contribution in [3.05, 3.63) is 47.5 Å². The number of aromatic nitrogens is 3. The molecule has 0 unspecified atom stereocenters. The molecule has 0 bridgehead atoms. The number of thiazole rings is 1. The summed E-state index contributed by atoms with van der Waals surface area (Å²) in [6.45, 7) is 1.36. The summed E-state index contributed by atoms with van der Waals surface area (Å²) in [5.41, 5.74) is 1.78. The second kappa shape index (κ2) is 5.16. The lowest BCUT2D eigenvalue weighted by Gasteiger charge is -2.27.